The van der Waals surface area contributed by atoms with E-state index >= 15 is 0 Å². The number of carbonyl (C=O) groups is 1. The third kappa shape index (κ3) is 5.31. The van der Waals surface area contributed by atoms with Crippen LogP contribution < -0.4 is 5.73 Å². The lowest BCUT2D eigenvalue weighted by atomic mass is 9.96. The molecule has 1 aromatic heterocycles. The second-order valence-electron chi connectivity index (χ2n) is 6.94. The van der Waals surface area contributed by atoms with Gasteiger partial charge in [-0.2, -0.15) is 8.42 Å². The molecular weight excluding hydrogens is 396 g/mol. The number of nitrogen functional groups attached to an aromatic ring is 1. The Morgan fingerprint density at radius 2 is 1.97 bits per heavy atom. The minimum atomic E-state index is -3.97. The Bertz CT molecular complexity index is 961. The molecule has 0 bridgehead atoms. The molecule has 9 heteroatoms. The summed E-state index contributed by atoms with van der Waals surface area (Å²) < 4.78 is 41.6. The molecule has 8 nitrogen and oxygen atoms in total. The first-order chi connectivity index (χ1) is 13.8. The van der Waals surface area contributed by atoms with Gasteiger partial charge in [-0.1, -0.05) is 17.7 Å². The van der Waals surface area contributed by atoms with Gasteiger partial charge < -0.3 is 15.2 Å². The topological polar surface area (TPSA) is 118 Å². The van der Waals surface area contributed by atoms with E-state index in [1.165, 1.54) is 25.3 Å². The fraction of sp³-hybridized carbons (Fsp3) is 0.400. The molecule has 3 atom stereocenters. The normalized spacial score (nSPS) is 22.2. The van der Waals surface area contributed by atoms with Crippen LogP contribution in [0.25, 0.3) is 0 Å². The largest absolute Gasteiger partial charge is 0.460 e. The summed E-state index contributed by atoms with van der Waals surface area (Å²) in [6.45, 7) is 2.88. The van der Waals surface area contributed by atoms with Crippen LogP contribution in [0.1, 0.15) is 37.0 Å². The average Bonchev–Trinajstić information content (AvgIpc) is 2.68. The summed E-state index contributed by atoms with van der Waals surface area (Å²) in [4.78, 5) is 15.5. The minimum Gasteiger partial charge on any atom is -0.460 e. The Balaban J connectivity index is 1.75. The van der Waals surface area contributed by atoms with Gasteiger partial charge in [0.2, 0.25) is 0 Å². The number of pyridine rings is 1. The summed E-state index contributed by atoms with van der Waals surface area (Å²) in [5, 5.41) is 0. The lowest BCUT2D eigenvalue weighted by Crippen LogP contribution is -2.42. The second kappa shape index (κ2) is 8.89. The second-order valence-corrected chi connectivity index (χ2v) is 8.56. The van der Waals surface area contributed by atoms with Crippen LogP contribution in [0.3, 0.4) is 0 Å². The van der Waals surface area contributed by atoms with Crippen molar-refractivity contribution in [3.8, 4) is 0 Å². The van der Waals surface area contributed by atoms with Crippen LogP contribution in [0.15, 0.2) is 47.6 Å². The fourth-order valence-corrected chi connectivity index (χ4v) is 4.15. The van der Waals surface area contributed by atoms with Gasteiger partial charge >= 0.3 is 5.97 Å². The summed E-state index contributed by atoms with van der Waals surface area (Å²) in [6, 6.07) is 8.11. The Hall–Kier alpha value is -2.49. The first-order valence-electron chi connectivity index (χ1n) is 9.24. The predicted octanol–water partition coefficient (Wildman–Crippen LogP) is 2.53. The van der Waals surface area contributed by atoms with Gasteiger partial charge in [-0.3, -0.25) is 14.0 Å². The van der Waals surface area contributed by atoms with Crippen molar-refractivity contribution in [1.29, 1.82) is 0 Å². The standard InChI is InChI=1S/C20H24N2O6S/c1-13-3-5-15(6-4-13)29(24,25)26-12-20-19(27-14(2)23)8-7-18(28-20)16-9-10-22-11-17(16)21/h3-6,9-11,18-20H,7-8,12,21H2,1-2H3/t18-,19-,20-/m0/s1. The molecule has 1 aliphatic heterocycles. The number of nitrogens with two attached hydrogens (primary N) is 1. The van der Waals surface area contributed by atoms with Gasteiger partial charge in [0.05, 0.1) is 29.5 Å². The zero-order valence-corrected chi connectivity index (χ0v) is 17.1. The van der Waals surface area contributed by atoms with E-state index in [0.29, 0.717) is 18.5 Å². The third-order valence-electron chi connectivity index (χ3n) is 4.72. The highest BCUT2D eigenvalue weighted by Crippen LogP contribution is 2.35. The van der Waals surface area contributed by atoms with Crippen LogP contribution >= 0.6 is 0 Å². The maximum Gasteiger partial charge on any atom is 0.302 e. The Labute approximate surface area is 170 Å². The van der Waals surface area contributed by atoms with Crippen LogP contribution in [-0.2, 0) is 28.6 Å². The highest BCUT2D eigenvalue weighted by Gasteiger charge is 2.36. The van der Waals surface area contributed by atoms with Crippen LogP contribution in [0, 0.1) is 6.92 Å². The number of carbonyl (C=O) groups excluding carboxylic acids is 1. The third-order valence-corrected chi connectivity index (χ3v) is 6.01. The van der Waals surface area contributed by atoms with E-state index in [2.05, 4.69) is 4.98 Å². The molecule has 3 rings (SSSR count). The van der Waals surface area contributed by atoms with Crippen molar-refractivity contribution in [3.05, 3.63) is 53.9 Å². The zero-order valence-electron chi connectivity index (χ0n) is 16.3. The number of aromatic nitrogens is 1. The van der Waals surface area contributed by atoms with E-state index in [9.17, 15) is 13.2 Å². The van der Waals surface area contributed by atoms with Crippen molar-refractivity contribution < 1.29 is 26.9 Å². The van der Waals surface area contributed by atoms with Crippen molar-refractivity contribution in [2.24, 2.45) is 0 Å². The fourth-order valence-electron chi connectivity index (χ4n) is 3.23. The molecule has 0 unspecified atom stereocenters. The monoisotopic (exact) mass is 420 g/mol. The molecule has 0 amide bonds. The SMILES string of the molecule is CC(=O)O[C@H]1CC[C@@H](c2ccncc2N)O[C@H]1COS(=O)(=O)c1ccc(C)cc1. The maximum atomic E-state index is 12.5. The molecule has 1 saturated heterocycles. The quantitative estimate of drug-likeness (QED) is 0.559. The van der Waals surface area contributed by atoms with Crippen LogP contribution in [-0.4, -0.2) is 38.2 Å². The summed E-state index contributed by atoms with van der Waals surface area (Å²) in [5.41, 5.74) is 8.16. The van der Waals surface area contributed by atoms with E-state index < -0.39 is 28.3 Å². The van der Waals surface area contributed by atoms with Gasteiger partial charge in [0.25, 0.3) is 10.1 Å². The molecule has 156 valence electrons. The van der Waals surface area contributed by atoms with Gasteiger partial charge in [-0.05, 0) is 38.0 Å². The molecule has 1 aromatic carbocycles. The highest BCUT2D eigenvalue weighted by molar-refractivity contribution is 7.86. The molecule has 0 radical (unpaired) electrons. The van der Waals surface area contributed by atoms with Gasteiger partial charge in [-0.25, -0.2) is 0 Å². The molecular formula is C20H24N2O6S. The Morgan fingerprint density at radius 3 is 2.62 bits per heavy atom. The predicted molar refractivity (Wildman–Crippen MR) is 105 cm³/mol. The summed E-state index contributed by atoms with van der Waals surface area (Å²) in [5.74, 6) is -0.466. The molecule has 0 saturated carbocycles. The lowest BCUT2D eigenvalue weighted by molar-refractivity contribution is -0.174. The highest BCUT2D eigenvalue weighted by atomic mass is 32.2. The van der Waals surface area contributed by atoms with Crippen molar-refractivity contribution in [2.45, 2.75) is 49.9 Å². The number of hydrogen-bond donors (Lipinski definition) is 1. The van der Waals surface area contributed by atoms with E-state index in [4.69, 9.17) is 19.4 Å². The van der Waals surface area contributed by atoms with Crippen molar-refractivity contribution >= 4 is 21.8 Å². The van der Waals surface area contributed by atoms with E-state index in [-0.39, 0.29) is 17.6 Å². The van der Waals surface area contributed by atoms with Crippen molar-refractivity contribution in [1.82, 2.24) is 4.98 Å². The number of nitrogens with zero attached hydrogens (tertiary/aromatic N) is 1. The van der Waals surface area contributed by atoms with Gasteiger partial charge in [0.15, 0.2) is 0 Å². The maximum absolute atomic E-state index is 12.5. The van der Waals surface area contributed by atoms with Crippen LogP contribution in [0.4, 0.5) is 5.69 Å². The molecule has 29 heavy (non-hydrogen) atoms. The number of ether oxygens (including phenoxy) is 2. The molecule has 2 aromatic rings. The van der Waals surface area contributed by atoms with Crippen molar-refractivity contribution in [2.75, 3.05) is 12.3 Å². The summed E-state index contributed by atoms with van der Waals surface area (Å²) in [7, 11) is -3.97. The zero-order chi connectivity index (χ0) is 21.0. The van der Waals surface area contributed by atoms with Gasteiger partial charge in [0, 0.05) is 18.7 Å². The number of hydrogen-bond acceptors (Lipinski definition) is 8. The molecule has 0 spiro atoms. The van der Waals surface area contributed by atoms with Crippen LogP contribution in [0.5, 0.6) is 0 Å². The summed E-state index contributed by atoms with van der Waals surface area (Å²) in [6.07, 6.45) is 2.45. The Kier molecular flexibility index (Phi) is 6.51. The van der Waals surface area contributed by atoms with E-state index in [1.54, 1.807) is 24.4 Å². The smallest absolute Gasteiger partial charge is 0.302 e. The molecule has 1 aliphatic rings. The average molecular weight is 420 g/mol. The van der Waals surface area contributed by atoms with E-state index in [1.807, 2.05) is 6.92 Å². The first-order valence-corrected chi connectivity index (χ1v) is 10.7. The number of benzene rings is 1. The number of esters is 1. The Morgan fingerprint density at radius 1 is 1.24 bits per heavy atom. The summed E-state index contributed by atoms with van der Waals surface area (Å²) >= 11 is 0. The lowest BCUT2D eigenvalue weighted by Gasteiger charge is -2.36. The molecule has 1 fully saturated rings. The number of aryl methyl sites for hydroxylation is 1. The number of rotatable bonds is 6. The van der Waals surface area contributed by atoms with Gasteiger partial charge in [0.1, 0.15) is 12.2 Å². The molecule has 0 aliphatic carbocycles. The van der Waals surface area contributed by atoms with Crippen LogP contribution in [0.2, 0.25) is 0 Å². The molecule has 2 heterocycles. The van der Waals surface area contributed by atoms with Crippen molar-refractivity contribution in [3.63, 3.8) is 0 Å². The first kappa shape index (κ1) is 21.2. The minimum absolute atomic E-state index is 0.0536. The molecule has 2 N–H and O–H groups in total. The van der Waals surface area contributed by atoms with E-state index in [0.717, 1.165) is 11.1 Å². The number of anilines is 1. The van der Waals surface area contributed by atoms with Gasteiger partial charge in [-0.15, -0.1) is 0 Å².